The number of carbonyl (C=O) groups is 3. The number of ether oxygens (including phenoxy) is 4. The lowest BCUT2D eigenvalue weighted by Crippen LogP contribution is -2.10. The molecule has 0 aliphatic carbocycles. The van der Waals surface area contributed by atoms with Crippen LogP contribution in [0.4, 0.5) is 0 Å². The SMILES string of the molecule is C=CC(=O)OCCCCOc1ccc(C(=O)Oc2ccc(C(=O)Oc3ccc(CCCCCCC)cc3)cc2)cc1. The summed E-state index contributed by atoms with van der Waals surface area (Å²) >= 11 is 0. The van der Waals surface area contributed by atoms with Gasteiger partial charge in [0, 0.05) is 6.08 Å². The molecule has 0 heterocycles. The van der Waals surface area contributed by atoms with Crippen LogP contribution < -0.4 is 14.2 Å². The second-order valence-electron chi connectivity index (χ2n) is 9.56. The summed E-state index contributed by atoms with van der Waals surface area (Å²) in [5, 5.41) is 0. The van der Waals surface area contributed by atoms with Gasteiger partial charge in [0.05, 0.1) is 24.3 Å². The Labute approximate surface area is 242 Å². The van der Waals surface area contributed by atoms with Gasteiger partial charge in [-0.25, -0.2) is 14.4 Å². The van der Waals surface area contributed by atoms with E-state index in [1.54, 1.807) is 48.5 Å². The molecule has 41 heavy (non-hydrogen) atoms. The van der Waals surface area contributed by atoms with E-state index in [4.69, 9.17) is 18.9 Å². The number of carbonyl (C=O) groups excluding carboxylic acids is 3. The molecule has 0 unspecified atom stereocenters. The van der Waals surface area contributed by atoms with E-state index in [2.05, 4.69) is 13.5 Å². The molecule has 3 aromatic rings. The van der Waals surface area contributed by atoms with E-state index in [1.807, 2.05) is 24.3 Å². The molecule has 7 heteroatoms. The van der Waals surface area contributed by atoms with Crippen LogP contribution in [-0.4, -0.2) is 31.1 Å². The van der Waals surface area contributed by atoms with Crippen molar-refractivity contribution in [3.05, 3.63) is 102 Å². The van der Waals surface area contributed by atoms with Gasteiger partial charge in [-0.2, -0.15) is 0 Å². The highest BCUT2D eigenvalue weighted by molar-refractivity contribution is 5.92. The Morgan fingerprint density at radius 1 is 0.634 bits per heavy atom. The summed E-state index contributed by atoms with van der Waals surface area (Å²) < 4.78 is 21.5. The third kappa shape index (κ3) is 11.3. The fourth-order valence-electron chi connectivity index (χ4n) is 3.96. The lowest BCUT2D eigenvalue weighted by Gasteiger charge is -2.09. The smallest absolute Gasteiger partial charge is 0.343 e. The monoisotopic (exact) mass is 558 g/mol. The van der Waals surface area contributed by atoms with Crippen molar-refractivity contribution in [2.45, 2.75) is 58.3 Å². The quantitative estimate of drug-likeness (QED) is 0.0732. The third-order valence-corrected chi connectivity index (χ3v) is 6.31. The minimum atomic E-state index is -0.527. The fourth-order valence-corrected chi connectivity index (χ4v) is 3.96. The predicted molar refractivity (Wildman–Crippen MR) is 158 cm³/mol. The summed E-state index contributed by atoms with van der Waals surface area (Å²) in [6, 6.07) is 20.5. The molecule has 0 bridgehead atoms. The molecular weight excluding hydrogens is 520 g/mol. The second-order valence-corrected chi connectivity index (χ2v) is 9.56. The normalized spacial score (nSPS) is 10.5. The van der Waals surface area contributed by atoms with Crippen molar-refractivity contribution in [3.63, 3.8) is 0 Å². The molecule has 3 rings (SSSR count). The Morgan fingerprint density at radius 2 is 1.15 bits per heavy atom. The van der Waals surface area contributed by atoms with Crippen LogP contribution in [0.25, 0.3) is 0 Å². The average Bonchev–Trinajstić information content (AvgIpc) is 3.00. The number of unbranched alkanes of at least 4 members (excludes halogenated alkanes) is 5. The first-order chi connectivity index (χ1) is 20.0. The standard InChI is InChI=1S/C34H38O7/c1-3-5-6-7-8-11-26-12-18-30(19-13-26)40-34(37)28-16-22-31(23-17-28)41-33(36)27-14-20-29(21-15-27)38-24-9-10-25-39-32(35)4-2/h4,12-23H,2-3,5-11,24-25H2,1H3. The molecule has 0 spiro atoms. The zero-order chi connectivity index (χ0) is 29.3. The van der Waals surface area contributed by atoms with Crippen molar-refractivity contribution < 1.29 is 33.3 Å². The van der Waals surface area contributed by atoms with Crippen LogP contribution in [0, 0.1) is 0 Å². The molecule has 7 nitrogen and oxygen atoms in total. The Bertz CT molecular complexity index is 1250. The number of hydrogen-bond donors (Lipinski definition) is 0. The minimum Gasteiger partial charge on any atom is -0.494 e. The number of aryl methyl sites for hydroxylation is 1. The van der Waals surface area contributed by atoms with Crippen LogP contribution >= 0.6 is 0 Å². The molecule has 0 atom stereocenters. The molecule has 3 aromatic carbocycles. The van der Waals surface area contributed by atoms with E-state index in [-0.39, 0.29) is 0 Å². The molecule has 0 radical (unpaired) electrons. The van der Waals surface area contributed by atoms with Gasteiger partial charge in [-0.1, -0.05) is 51.3 Å². The molecule has 0 saturated carbocycles. The molecule has 0 fully saturated rings. The van der Waals surface area contributed by atoms with Crippen molar-refractivity contribution in [2.75, 3.05) is 13.2 Å². The van der Waals surface area contributed by atoms with Crippen molar-refractivity contribution in [1.29, 1.82) is 0 Å². The molecule has 0 saturated heterocycles. The number of hydrogen-bond acceptors (Lipinski definition) is 7. The summed E-state index contributed by atoms with van der Waals surface area (Å²) in [6.45, 7) is 6.32. The molecule has 0 aromatic heterocycles. The molecular formula is C34H38O7. The first-order valence-electron chi connectivity index (χ1n) is 14.1. The van der Waals surface area contributed by atoms with Gasteiger partial charge in [0.1, 0.15) is 17.2 Å². The zero-order valence-corrected chi connectivity index (χ0v) is 23.6. The van der Waals surface area contributed by atoms with E-state index in [0.717, 1.165) is 18.9 Å². The summed E-state index contributed by atoms with van der Waals surface area (Å²) in [5.74, 6) is -0.0322. The Balaban J connectivity index is 1.40. The molecule has 0 N–H and O–H groups in total. The summed E-state index contributed by atoms with van der Waals surface area (Å²) in [7, 11) is 0. The Morgan fingerprint density at radius 3 is 1.71 bits per heavy atom. The maximum atomic E-state index is 12.6. The lowest BCUT2D eigenvalue weighted by molar-refractivity contribution is -0.137. The van der Waals surface area contributed by atoms with E-state index in [9.17, 15) is 14.4 Å². The zero-order valence-electron chi connectivity index (χ0n) is 23.6. The molecule has 0 aliphatic heterocycles. The van der Waals surface area contributed by atoms with Crippen LogP contribution in [-0.2, 0) is 16.0 Å². The molecule has 0 aliphatic rings. The summed E-state index contributed by atoms with van der Waals surface area (Å²) in [5.41, 5.74) is 1.95. The van der Waals surface area contributed by atoms with Crippen LogP contribution in [0.1, 0.15) is 78.1 Å². The van der Waals surface area contributed by atoms with Gasteiger partial charge in [-0.3, -0.25) is 0 Å². The van der Waals surface area contributed by atoms with Gasteiger partial charge in [0.25, 0.3) is 0 Å². The maximum absolute atomic E-state index is 12.6. The highest BCUT2D eigenvalue weighted by Gasteiger charge is 2.12. The van der Waals surface area contributed by atoms with E-state index >= 15 is 0 Å². The first-order valence-corrected chi connectivity index (χ1v) is 14.1. The maximum Gasteiger partial charge on any atom is 0.343 e. The van der Waals surface area contributed by atoms with Crippen LogP contribution in [0.3, 0.4) is 0 Å². The average molecular weight is 559 g/mol. The highest BCUT2D eigenvalue weighted by atomic mass is 16.5. The topological polar surface area (TPSA) is 88.1 Å². The van der Waals surface area contributed by atoms with Gasteiger partial charge in [-0.05, 0) is 91.9 Å². The van der Waals surface area contributed by atoms with E-state index in [0.29, 0.717) is 54.4 Å². The van der Waals surface area contributed by atoms with Crippen molar-refractivity contribution >= 4 is 17.9 Å². The first kappa shape index (κ1) is 31.1. The van der Waals surface area contributed by atoms with Crippen LogP contribution in [0.15, 0.2) is 85.5 Å². The van der Waals surface area contributed by atoms with E-state index < -0.39 is 17.9 Å². The molecule has 216 valence electrons. The van der Waals surface area contributed by atoms with Crippen molar-refractivity contribution in [1.82, 2.24) is 0 Å². The predicted octanol–water partition coefficient (Wildman–Crippen LogP) is 7.53. The number of rotatable bonds is 17. The van der Waals surface area contributed by atoms with Crippen LogP contribution in [0.2, 0.25) is 0 Å². The summed E-state index contributed by atoms with van der Waals surface area (Å²) in [6.07, 6.45) is 9.72. The third-order valence-electron chi connectivity index (χ3n) is 6.31. The number of esters is 3. The van der Waals surface area contributed by atoms with Crippen molar-refractivity contribution in [3.8, 4) is 17.2 Å². The fraction of sp³-hybridized carbons (Fsp3) is 0.324. The van der Waals surface area contributed by atoms with Gasteiger partial charge >= 0.3 is 17.9 Å². The number of benzene rings is 3. The summed E-state index contributed by atoms with van der Waals surface area (Å²) in [4.78, 5) is 36.1. The van der Waals surface area contributed by atoms with Gasteiger partial charge in [-0.15, -0.1) is 0 Å². The van der Waals surface area contributed by atoms with Crippen LogP contribution in [0.5, 0.6) is 17.2 Å². The van der Waals surface area contributed by atoms with Gasteiger partial charge in [0.15, 0.2) is 0 Å². The Kier molecular flexibility index (Phi) is 13.2. The lowest BCUT2D eigenvalue weighted by atomic mass is 10.1. The largest absolute Gasteiger partial charge is 0.494 e. The van der Waals surface area contributed by atoms with Crippen molar-refractivity contribution in [2.24, 2.45) is 0 Å². The van der Waals surface area contributed by atoms with Gasteiger partial charge < -0.3 is 18.9 Å². The highest BCUT2D eigenvalue weighted by Crippen LogP contribution is 2.20. The van der Waals surface area contributed by atoms with Gasteiger partial charge in [0.2, 0.25) is 0 Å². The Hall–Kier alpha value is -4.39. The second kappa shape index (κ2) is 17.3. The molecule has 0 amide bonds. The van der Waals surface area contributed by atoms with E-state index in [1.165, 1.54) is 31.2 Å². The minimum absolute atomic E-state index is 0.312.